The molecule has 0 bridgehead atoms. The van der Waals surface area contributed by atoms with Gasteiger partial charge < -0.3 is 4.74 Å². The number of Topliss-reactive ketones (excluding diaryl/α,β-unsaturated/α-hetero) is 1. The molecule has 6 nitrogen and oxygen atoms in total. The number of aromatic nitrogens is 4. The van der Waals surface area contributed by atoms with Crippen molar-refractivity contribution in [1.29, 1.82) is 0 Å². The van der Waals surface area contributed by atoms with E-state index in [0.717, 1.165) is 12.0 Å². The lowest BCUT2D eigenvalue weighted by atomic mass is 10.0. The summed E-state index contributed by atoms with van der Waals surface area (Å²) in [6, 6.07) is 15.2. The first-order valence-corrected chi connectivity index (χ1v) is 11.3. The quantitative estimate of drug-likeness (QED) is 0.326. The summed E-state index contributed by atoms with van der Waals surface area (Å²) in [6.45, 7) is 2.25. The van der Waals surface area contributed by atoms with Gasteiger partial charge in [-0.25, -0.2) is 4.68 Å². The third-order valence-electron chi connectivity index (χ3n) is 5.10. The smallest absolute Gasteiger partial charge is 0.191 e. The number of ketones is 1. The van der Waals surface area contributed by atoms with Gasteiger partial charge >= 0.3 is 0 Å². The van der Waals surface area contributed by atoms with Crippen LogP contribution in [-0.4, -0.2) is 32.6 Å². The van der Waals surface area contributed by atoms with Crippen LogP contribution >= 0.6 is 11.6 Å². The molecule has 0 aliphatic heterocycles. The van der Waals surface area contributed by atoms with E-state index in [1.807, 2.05) is 24.3 Å². The summed E-state index contributed by atoms with van der Waals surface area (Å²) < 4.78 is 7.12. The van der Waals surface area contributed by atoms with Crippen LogP contribution in [0.2, 0.25) is 5.02 Å². The fourth-order valence-corrected chi connectivity index (χ4v) is 3.48. The zero-order chi connectivity index (χ0) is 21.9. The van der Waals surface area contributed by atoms with Crippen molar-refractivity contribution in [3.8, 4) is 17.1 Å². The van der Waals surface area contributed by atoms with E-state index >= 15 is 0 Å². The average Bonchev–Trinajstić information content (AvgIpc) is 3.24. The van der Waals surface area contributed by atoms with Gasteiger partial charge in [-0.2, -0.15) is 0 Å². The number of tetrazole rings is 1. The Balaban J connectivity index is 1.43. The van der Waals surface area contributed by atoms with Crippen LogP contribution in [0.25, 0.3) is 11.4 Å². The van der Waals surface area contributed by atoms with Crippen molar-refractivity contribution in [3.05, 3.63) is 59.1 Å². The molecule has 1 heterocycles. The molecule has 3 rings (SSSR count). The highest BCUT2D eigenvalue weighted by Crippen LogP contribution is 2.19. The van der Waals surface area contributed by atoms with Gasteiger partial charge in [0, 0.05) is 10.6 Å². The number of nitrogens with zero attached hydrogens (tertiary/aromatic N) is 4. The first-order chi connectivity index (χ1) is 15.2. The predicted octanol–water partition coefficient (Wildman–Crippen LogP) is 5.54. The molecule has 2 aromatic carbocycles. The van der Waals surface area contributed by atoms with Crippen LogP contribution in [0.15, 0.2) is 48.5 Å². The van der Waals surface area contributed by atoms with Crippen molar-refractivity contribution < 1.29 is 9.53 Å². The van der Waals surface area contributed by atoms with Gasteiger partial charge in [0.1, 0.15) is 18.9 Å². The zero-order valence-corrected chi connectivity index (χ0v) is 18.7. The van der Waals surface area contributed by atoms with E-state index in [2.05, 4.69) is 34.6 Å². The maximum absolute atomic E-state index is 12.4. The summed E-state index contributed by atoms with van der Waals surface area (Å²) in [5.41, 5.74) is 2.10. The summed E-state index contributed by atoms with van der Waals surface area (Å²) in [6.07, 6.45) is 8.84. The molecular formula is C24H29ClN4O2. The Labute approximate surface area is 188 Å². The summed E-state index contributed by atoms with van der Waals surface area (Å²) in [5, 5.41) is 12.2. The van der Waals surface area contributed by atoms with E-state index in [1.165, 1.54) is 48.8 Å². The highest BCUT2D eigenvalue weighted by molar-refractivity contribution is 6.30. The zero-order valence-electron chi connectivity index (χ0n) is 18.0. The van der Waals surface area contributed by atoms with Crippen molar-refractivity contribution in [2.24, 2.45) is 0 Å². The fourth-order valence-electron chi connectivity index (χ4n) is 3.36. The number of carbonyl (C=O) groups is 1. The molecule has 0 radical (unpaired) electrons. The lowest BCUT2D eigenvalue weighted by Gasteiger charge is -2.08. The van der Waals surface area contributed by atoms with Crippen LogP contribution in [0.4, 0.5) is 0 Å². The van der Waals surface area contributed by atoms with Crippen LogP contribution < -0.4 is 4.74 Å². The van der Waals surface area contributed by atoms with E-state index in [9.17, 15) is 4.79 Å². The molecule has 0 saturated heterocycles. The van der Waals surface area contributed by atoms with Gasteiger partial charge in [-0.3, -0.25) is 4.79 Å². The summed E-state index contributed by atoms with van der Waals surface area (Å²) in [5.74, 6) is 1.09. The van der Waals surface area contributed by atoms with Crippen molar-refractivity contribution in [2.75, 3.05) is 6.61 Å². The van der Waals surface area contributed by atoms with Gasteiger partial charge in [0.25, 0.3) is 0 Å². The molecule has 164 valence electrons. The second-order valence-electron chi connectivity index (χ2n) is 7.66. The normalized spacial score (nSPS) is 10.9. The molecule has 1 aromatic heterocycles. The Bertz CT molecular complexity index is 939. The Hall–Kier alpha value is -2.73. The monoisotopic (exact) mass is 440 g/mol. The van der Waals surface area contributed by atoms with Gasteiger partial charge in [-0.15, -0.1) is 5.10 Å². The van der Waals surface area contributed by atoms with Gasteiger partial charge in [0.2, 0.25) is 0 Å². The molecule has 0 spiro atoms. The molecule has 0 aliphatic rings. The minimum atomic E-state index is -0.112. The molecule has 0 N–H and O–H groups in total. The second kappa shape index (κ2) is 12.2. The lowest BCUT2D eigenvalue weighted by Crippen LogP contribution is -2.19. The number of unbranched alkanes of at least 4 members (excludes halogenated alkanes) is 5. The molecule has 0 fully saturated rings. The molecule has 0 amide bonds. The third kappa shape index (κ3) is 7.47. The van der Waals surface area contributed by atoms with Crippen molar-refractivity contribution >= 4 is 17.4 Å². The number of halogens is 1. The SMILES string of the molecule is CCCCCCCCc1ccc(OCC(=O)Cn2nnnc2-c2ccc(Cl)cc2)cc1. The first-order valence-electron chi connectivity index (χ1n) is 10.9. The maximum atomic E-state index is 12.4. The van der Waals surface area contributed by atoms with Crippen molar-refractivity contribution in [2.45, 2.75) is 58.4 Å². The number of ether oxygens (including phenoxy) is 1. The van der Waals surface area contributed by atoms with Crippen LogP contribution in [0.5, 0.6) is 5.75 Å². The largest absolute Gasteiger partial charge is 0.486 e. The highest BCUT2D eigenvalue weighted by atomic mass is 35.5. The maximum Gasteiger partial charge on any atom is 0.191 e. The van der Waals surface area contributed by atoms with Gasteiger partial charge in [-0.05, 0) is 65.2 Å². The van der Waals surface area contributed by atoms with Crippen molar-refractivity contribution in [3.63, 3.8) is 0 Å². The number of hydrogen-bond acceptors (Lipinski definition) is 5. The number of benzene rings is 2. The molecule has 0 saturated carbocycles. The topological polar surface area (TPSA) is 69.9 Å². The summed E-state index contributed by atoms with van der Waals surface area (Å²) in [4.78, 5) is 12.4. The minimum Gasteiger partial charge on any atom is -0.486 e. The average molecular weight is 441 g/mol. The van der Waals surface area contributed by atoms with Gasteiger partial charge in [0.15, 0.2) is 11.6 Å². The predicted molar refractivity (Wildman–Crippen MR) is 122 cm³/mol. The standard InChI is InChI=1S/C24H29ClN4O2/c1-2-3-4-5-6-7-8-19-9-15-23(16-10-19)31-18-22(30)17-29-24(26-27-28-29)20-11-13-21(25)14-12-20/h9-16H,2-8,17-18H2,1H3. The molecule has 0 atom stereocenters. The van der Waals surface area contributed by atoms with Crippen LogP contribution in [-0.2, 0) is 17.8 Å². The van der Waals surface area contributed by atoms with Crippen LogP contribution in [0.1, 0.15) is 51.0 Å². The van der Waals surface area contributed by atoms with E-state index in [0.29, 0.717) is 16.6 Å². The van der Waals surface area contributed by atoms with E-state index in [4.69, 9.17) is 16.3 Å². The number of hydrogen-bond donors (Lipinski definition) is 0. The first kappa shape index (κ1) is 22.9. The summed E-state index contributed by atoms with van der Waals surface area (Å²) >= 11 is 5.93. The molecule has 0 aliphatic carbocycles. The minimum absolute atomic E-state index is 0.0311. The number of aryl methyl sites for hydroxylation is 1. The molecule has 31 heavy (non-hydrogen) atoms. The molecule has 0 unspecified atom stereocenters. The Morgan fingerprint density at radius 3 is 2.42 bits per heavy atom. The summed E-state index contributed by atoms with van der Waals surface area (Å²) in [7, 11) is 0. The molecular weight excluding hydrogens is 412 g/mol. The Kier molecular flexibility index (Phi) is 9.03. The lowest BCUT2D eigenvalue weighted by molar-refractivity contribution is -0.121. The fraction of sp³-hybridized carbons (Fsp3) is 0.417. The van der Waals surface area contributed by atoms with E-state index in [1.54, 1.807) is 12.1 Å². The van der Waals surface area contributed by atoms with Crippen LogP contribution in [0, 0.1) is 0 Å². The highest BCUT2D eigenvalue weighted by Gasteiger charge is 2.13. The van der Waals surface area contributed by atoms with E-state index < -0.39 is 0 Å². The van der Waals surface area contributed by atoms with Gasteiger partial charge in [-0.1, -0.05) is 62.8 Å². The number of carbonyl (C=O) groups excluding carboxylic acids is 1. The molecule has 3 aromatic rings. The van der Waals surface area contributed by atoms with Crippen LogP contribution in [0.3, 0.4) is 0 Å². The number of rotatable bonds is 13. The van der Waals surface area contributed by atoms with Crippen molar-refractivity contribution in [1.82, 2.24) is 20.2 Å². The third-order valence-corrected chi connectivity index (χ3v) is 5.35. The van der Waals surface area contributed by atoms with E-state index in [-0.39, 0.29) is 18.9 Å². The Morgan fingerprint density at radius 2 is 1.68 bits per heavy atom. The molecule has 7 heteroatoms. The van der Waals surface area contributed by atoms with Gasteiger partial charge in [0.05, 0.1) is 0 Å². The second-order valence-corrected chi connectivity index (χ2v) is 8.09. The Morgan fingerprint density at radius 1 is 0.968 bits per heavy atom.